The van der Waals surface area contributed by atoms with Gasteiger partial charge in [-0.2, -0.15) is 4.98 Å². The van der Waals surface area contributed by atoms with Crippen molar-refractivity contribution in [1.82, 2.24) is 9.97 Å². The van der Waals surface area contributed by atoms with Gasteiger partial charge in [-0.05, 0) is 42.1 Å². The van der Waals surface area contributed by atoms with E-state index < -0.39 is 0 Å². The van der Waals surface area contributed by atoms with Crippen molar-refractivity contribution < 1.29 is 4.74 Å². The molecule has 1 aliphatic carbocycles. The van der Waals surface area contributed by atoms with Crippen LogP contribution in [0.3, 0.4) is 0 Å². The summed E-state index contributed by atoms with van der Waals surface area (Å²) in [5, 5.41) is 0. The quantitative estimate of drug-likeness (QED) is 0.788. The van der Waals surface area contributed by atoms with E-state index in [4.69, 9.17) is 4.74 Å². The summed E-state index contributed by atoms with van der Waals surface area (Å²) in [5.41, 5.74) is 0. The molecule has 1 unspecified atom stereocenters. The molecule has 1 aromatic rings. The summed E-state index contributed by atoms with van der Waals surface area (Å²) in [5.74, 6) is 2.16. The standard InChI is InChI=1S/C11H15BrN2O/c1-3-7(2)15-10-6-9(12)13-11(14-10)8-4-5-8/h6-8H,3-5H2,1-2H3. The Hall–Kier alpha value is -0.640. The van der Waals surface area contributed by atoms with Crippen molar-refractivity contribution in [3.63, 3.8) is 0 Å². The molecule has 2 rings (SSSR count). The van der Waals surface area contributed by atoms with E-state index in [2.05, 4.69) is 32.8 Å². The number of hydrogen-bond acceptors (Lipinski definition) is 3. The SMILES string of the molecule is CCC(C)Oc1cc(Br)nc(C2CC2)n1. The number of hydrogen-bond donors (Lipinski definition) is 0. The fourth-order valence-electron chi connectivity index (χ4n) is 1.29. The monoisotopic (exact) mass is 270 g/mol. The summed E-state index contributed by atoms with van der Waals surface area (Å²) in [7, 11) is 0. The Kier molecular flexibility index (Phi) is 3.24. The molecule has 1 atom stereocenters. The van der Waals surface area contributed by atoms with Crippen LogP contribution in [-0.2, 0) is 0 Å². The van der Waals surface area contributed by atoms with Gasteiger partial charge in [-0.25, -0.2) is 4.98 Å². The first kappa shape index (κ1) is 10.9. The van der Waals surface area contributed by atoms with Gasteiger partial charge in [-0.1, -0.05) is 6.92 Å². The number of aromatic nitrogens is 2. The summed E-state index contributed by atoms with van der Waals surface area (Å²) >= 11 is 3.39. The molecule has 1 fully saturated rings. The van der Waals surface area contributed by atoms with Crippen molar-refractivity contribution in [3.8, 4) is 5.88 Å². The van der Waals surface area contributed by atoms with E-state index in [1.54, 1.807) is 0 Å². The molecule has 15 heavy (non-hydrogen) atoms. The lowest BCUT2D eigenvalue weighted by Crippen LogP contribution is -2.11. The van der Waals surface area contributed by atoms with Crippen molar-refractivity contribution in [2.24, 2.45) is 0 Å². The number of halogens is 1. The van der Waals surface area contributed by atoms with Crippen LogP contribution < -0.4 is 4.74 Å². The normalized spacial score (nSPS) is 17.5. The van der Waals surface area contributed by atoms with Crippen LogP contribution in [0.25, 0.3) is 0 Å². The highest BCUT2D eigenvalue weighted by Gasteiger charge is 2.27. The van der Waals surface area contributed by atoms with Crippen molar-refractivity contribution in [2.75, 3.05) is 0 Å². The summed E-state index contributed by atoms with van der Waals surface area (Å²) in [4.78, 5) is 8.77. The van der Waals surface area contributed by atoms with Crippen molar-refractivity contribution in [1.29, 1.82) is 0 Å². The summed E-state index contributed by atoms with van der Waals surface area (Å²) in [6.07, 6.45) is 3.61. The van der Waals surface area contributed by atoms with Crippen LogP contribution in [-0.4, -0.2) is 16.1 Å². The molecule has 4 heteroatoms. The van der Waals surface area contributed by atoms with Gasteiger partial charge in [0.2, 0.25) is 5.88 Å². The Morgan fingerprint density at radius 3 is 2.87 bits per heavy atom. The van der Waals surface area contributed by atoms with E-state index >= 15 is 0 Å². The van der Waals surface area contributed by atoms with Crippen molar-refractivity contribution >= 4 is 15.9 Å². The van der Waals surface area contributed by atoms with Crippen LogP contribution in [0.15, 0.2) is 10.7 Å². The molecular weight excluding hydrogens is 256 g/mol. The molecule has 3 nitrogen and oxygen atoms in total. The zero-order chi connectivity index (χ0) is 10.8. The fourth-order valence-corrected chi connectivity index (χ4v) is 1.67. The Morgan fingerprint density at radius 1 is 1.53 bits per heavy atom. The largest absolute Gasteiger partial charge is 0.475 e. The number of rotatable bonds is 4. The van der Waals surface area contributed by atoms with Crippen LogP contribution >= 0.6 is 15.9 Å². The van der Waals surface area contributed by atoms with Crippen molar-refractivity contribution in [3.05, 3.63) is 16.5 Å². The zero-order valence-electron chi connectivity index (χ0n) is 9.03. The Bertz CT molecular complexity index is 352. The van der Waals surface area contributed by atoms with Gasteiger partial charge in [0.15, 0.2) is 0 Å². The van der Waals surface area contributed by atoms with Gasteiger partial charge in [0, 0.05) is 12.0 Å². The maximum Gasteiger partial charge on any atom is 0.217 e. The third kappa shape index (κ3) is 2.91. The molecule has 0 aromatic carbocycles. The van der Waals surface area contributed by atoms with Gasteiger partial charge in [0.25, 0.3) is 0 Å². The fraction of sp³-hybridized carbons (Fsp3) is 0.636. The lowest BCUT2D eigenvalue weighted by atomic mass is 10.3. The van der Waals surface area contributed by atoms with Gasteiger partial charge < -0.3 is 4.74 Å². The first-order chi connectivity index (χ1) is 7.19. The molecule has 1 aliphatic rings. The van der Waals surface area contributed by atoms with Crippen LogP contribution in [0.4, 0.5) is 0 Å². The minimum absolute atomic E-state index is 0.207. The molecule has 1 heterocycles. The maximum absolute atomic E-state index is 5.68. The van der Waals surface area contributed by atoms with Crippen LogP contribution in [0.1, 0.15) is 44.9 Å². The highest BCUT2D eigenvalue weighted by atomic mass is 79.9. The Labute approximate surface area is 98.4 Å². The summed E-state index contributed by atoms with van der Waals surface area (Å²) in [6, 6.07) is 1.83. The second kappa shape index (κ2) is 4.47. The van der Waals surface area contributed by atoms with Gasteiger partial charge in [0.1, 0.15) is 10.4 Å². The number of ether oxygens (including phenoxy) is 1. The molecule has 1 aromatic heterocycles. The highest BCUT2D eigenvalue weighted by molar-refractivity contribution is 9.10. The highest BCUT2D eigenvalue weighted by Crippen LogP contribution is 2.39. The maximum atomic E-state index is 5.68. The smallest absolute Gasteiger partial charge is 0.217 e. The van der Waals surface area contributed by atoms with Crippen LogP contribution in [0, 0.1) is 0 Å². The summed E-state index contributed by atoms with van der Waals surface area (Å²) in [6.45, 7) is 4.15. The molecule has 0 spiro atoms. The first-order valence-corrected chi connectivity index (χ1v) is 6.19. The molecule has 0 bridgehead atoms. The minimum Gasteiger partial charge on any atom is -0.475 e. The van der Waals surface area contributed by atoms with E-state index in [0.29, 0.717) is 11.8 Å². The molecule has 0 N–H and O–H groups in total. The molecule has 0 saturated heterocycles. The van der Waals surface area contributed by atoms with Gasteiger partial charge in [0.05, 0.1) is 6.10 Å². The predicted octanol–water partition coefficient (Wildman–Crippen LogP) is 3.29. The van der Waals surface area contributed by atoms with Crippen LogP contribution in [0.5, 0.6) is 5.88 Å². The van der Waals surface area contributed by atoms with E-state index in [1.165, 1.54) is 12.8 Å². The topological polar surface area (TPSA) is 35.0 Å². The lowest BCUT2D eigenvalue weighted by molar-refractivity contribution is 0.207. The molecular formula is C11H15BrN2O. The summed E-state index contributed by atoms with van der Waals surface area (Å²) < 4.78 is 6.50. The Balaban J connectivity index is 2.15. The van der Waals surface area contributed by atoms with E-state index in [9.17, 15) is 0 Å². The van der Waals surface area contributed by atoms with Crippen molar-refractivity contribution in [2.45, 2.75) is 45.1 Å². The average molecular weight is 271 g/mol. The van der Waals surface area contributed by atoms with Gasteiger partial charge in [-0.3, -0.25) is 0 Å². The zero-order valence-corrected chi connectivity index (χ0v) is 10.6. The third-order valence-electron chi connectivity index (χ3n) is 2.53. The Morgan fingerprint density at radius 2 is 2.27 bits per heavy atom. The second-order valence-corrected chi connectivity index (χ2v) is 4.81. The molecule has 0 amide bonds. The molecule has 1 saturated carbocycles. The van der Waals surface area contributed by atoms with Gasteiger partial charge in [-0.15, -0.1) is 0 Å². The van der Waals surface area contributed by atoms with E-state index in [0.717, 1.165) is 16.8 Å². The lowest BCUT2D eigenvalue weighted by Gasteiger charge is -2.12. The van der Waals surface area contributed by atoms with Gasteiger partial charge >= 0.3 is 0 Å². The van der Waals surface area contributed by atoms with Crippen LogP contribution in [0.2, 0.25) is 0 Å². The first-order valence-electron chi connectivity index (χ1n) is 5.40. The van der Waals surface area contributed by atoms with E-state index in [-0.39, 0.29) is 6.10 Å². The minimum atomic E-state index is 0.207. The third-order valence-corrected chi connectivity index (χ3v) is 2.93. The molecule has 0 aliphatic heterocycles. The predicted molar refractivity (Wildman–Crippen MR) is 62.1 cm³/mol. The van der Waals surface area contributed by atoms with E-state index in [1.807, 2.05) is 13.0 Å². The second-order valence-electron chi connectivity index (χ2n) is 4.00. The average Bonchev–Trinajstić information content (AvgIpc) is 2.99. The molecule has 0 radical (unpaired) electrons. The molecule has 82 valence electrons. The number of nitrogens with zero attached hydrogens (tertiary/aromatic N) is 2.